The smallest absolute Gasteiger partial charge is 0.237 e. The molecule has 2 aliphatic heterocycles. The molecule has 0 spiro atoms. The minimum atomic E-state index is 0.269. The lowest BCUT2D eigenvalue weighted by molar-refractivity contribution is -0.134. The maximum Gasteiger partial charge on any atom is 0.237 e. The highest BCUT2D eigenvalue weighted by molar-refractivity contribution is 5.78. The van der Waals surface area contributed by atoms with Crippen molar-refractivity contribution >= 4 is 5.91 Å². The van der Waals surface area contributed by atoms with Gasteiger partial charge in [0, 0.05) is 38.3 Å². The van der Waals surface area contributed by atoms with Crippen LogP contribution in [0.5, 0.6) is 0 Å². The second kappa shape index (κ2) is 6.16. The van der Waals surface area contributed by atoms with Crippen LogP contribution in [0.1, 0.15) is 25.0 Å². The molecule has 2 unspecified atom stereocenters. The molecular formula is C17H25N3O. The predicted molar refractivity (Wildman–Crippen MR) is 84.1 cm³/mol. The molecule has 3 rings (SSSR count). The van der Waals surface area contributed by atoms with Gasteiger partial charge < -0.3 is 10.2 Å². The second-order valence-electron chi connectivity index (χ2n) is 6.42. The molecule has 2 heterocycles. The van der Waals surface area contributed by atoms with Crippen LogP contribution in [0.4, 0.5) is 0 Å². The van der Waals surface area contributed by atoms with Gasteiger partial charge in [-0.3, -0.25) is 9.69 Å². The van der Waals surface area contributed by atoms with Gasteiger partial charge in [-0.1, -0.05) is 24.3 Å². The van der Waals surface area contributed by atoms with Gasteiger partial charge in [0.25, 0.3) is 0 Å². The maximum atomic E-state index is 12.6. The molecule has 1 aromatic rings. The van der Waals surface area contributed by atoms with E-state index in [0.29, 0.717) is 18.6 Å². The highest BCUT2D eigenvalue weighted by Gasteiger charge is 2.27. The number of benzene rings is 1. The zero-order chi connectivity index (χ0) is 14.8. The number of hydrogen-bond acceptors (Lipinski definition) is 3. The molecule has 0 bridgehead atoms. The third-order valence-electron chi connectivity index (χ3n) is 4.72. The summed E-state index contributed by atoms with van der Waals surface area (Å²) in [6, 6.07) is 9.37. The molecule has 2 aliphatic rings. The molecule has 0 radical (unpaired) electrons. The summed E-state index contributed by atoms with van der Waals surface area (Å²) in [6.45, 7) is 8.47. The van der Waals surface area contributed by atoms with Gasteiger partial charge in [0.05, 0.1) is 6.54 Å². The molecule has 1 N–H and O–H groups in total. The molecule has 4 heteroatoms. The van der Waals surface area contributed by atoms with Crippen molar-refractivity contribution in [3.63, 3.8) is 0 Å². The molecule has 1 aromatic carbocycles. The first-order chi connectivity index (χ1) is 10.1. The SMILES string of the molecule is CC1CN(CC(=O)N2CCc3ccccc3C2)C(C)CN1. The Bertz CT molecular complexity index is 517. The summed E-state index contributed by atoms with van der Waals surface area (Å²) in [5.41, 5.74) is 2.70. The largest absolute Gasteiger partial charge is 0.337 e. The fourth-order valence-electron chi connectivity index (χ4n) is 3.30. The van der Waals surface area contributed by atoms with Gasteiger partial charge in [-0.25, -0.2) is 0 Å². The van der Waals surface area contributed by atoms with Gasteiger partial charge in [0.15, 0.2) is 0 Å². The fourth-order valence-corrected chi connectivity index (χ4v) is 3.30. The van der Waals surface area contributed by atoms with Crippen molar-refractivity contribution in [3.8, 4) is 0 Å². The Kier molecular flexibility index (Phi) is 4.27. The molecule has 1 fully saturated rings. The van der Waals surface area contributed by atoms with E-state index in [1.165, 1.54) is 11.1 Å². The van der Waals surface area contributed by atoms with E-state index in [4.69, 9.17) is 0 Å². The lowest BCUT2D eigenvalue weighted by Crippen LogP contribution is -2.56. The third-order valence-corrected chi connectivity index (χ3v) is 4.72. The van der Waals surface area contributed by atoms with Crippen LogP contribution in [0.3, 0.4) is 0 Å². The quantitative estimate of drug-likeness (QED) is 0.889. The first kappa shape index (κ1) is 14.5. The molecule has 0 saturated carbocycles. The summed E-state index contributed by atoms with van der Waals surface area (Å²) in [5, 5.41) is 3.46. The van der Waals surface area contributed by atoms with Crippen molar-refractivity contribution in [2.75, 3.05) is 26.2 Å². The summed E-state index contributed by atoms with van der Waals surface area (Å²) in [6.07, 6.45) is 0.982. The zero-order valence-electron chi connectivity index (χ0n) is 13.0. The Morgan fingerprint density at radius 1 is 1.29 bits per heavy atom. The van der Waals surface area contributed by atoms with Crippen LogP contribution in [-0.4, -0.2) is 54.0 Å². The Morgan fingerprint density at radius 2 is 2.05 bits per heavy atom. The summed E-state index contributed by atoms with van der Waals surface area (Å²) < 4.78 is 0. The number of nitrogens with one attached hydrogen (secondary N) is 1. The average Bonchev–Trinajstić information content (AvgIpc) is 2.50. The van der Waals surface area contributed by atoms with Crippen LogP contribution < -0.4 is 5.32 Å². The van der Waals surface area contributed by atoms with E-state index >= 15 is 0 Å². The molecular weight excluding hydrogens is 262 g/mol. The Labute approximate surface area is 127 Å². The van der Waals surface area contributed by atoms with Crippen LogP contribution in [0.2, 0.25) is 0 Å². The Hall–Kier alpha value is -1.39. The Balaban J connectivity index is 1.61. The van der Waals surface area contributed by atoms with Gasteiger partial charge >= 0.3 is 0 Å². The van der Waals surface area contributed by atoms with E-state index in [-0.39, 0.29) is 5.91 Å². The molecule has 4 nitrogen and oxygen atoms in total. The maximum absolute atomic E-state index is 12.6. The van der Waals surface area contributed by atoms with Crippen LogP contribution in [-0.2, 0) is 17.8 Å². The summed E-state index contributed by atoms with van der Waals surface area (Å²) in [5.74, 6) is 0.269. The van der Waals surface area contributed by atoms with Crippen molar-refractivity contribution < 1.29 is 4.79 Å². The normalized spacial score (nSPS) is 26.5. The standard InChI is InChI=1S/C17H25N3O/c1-13-10-20(14(2)9-18-13)12-17(21)19-8-7-15-5-3-4-6-16(15)11-19/h3-6,13-14,18H,7-12H2,1-2H3. The lowest BCUT2D eigenvalue weighted by Gasteiger charge is -2.38. The molecule has 2 atom stereocenters. The van der Waals surface area contributed by atoms with Crippen LogP contribution >= 0.6 is 0 Å². The summed E-state index contributed by atoms with van der Waals surface area (Å²) in [7, 11) is 0. The fraction of sp³-hybridized carbons (Fsp3) is 0.588. The minimum absolute atomic E-state index is 0.269. The summed E-state index contributed by atoms with van der Waals surface area (Å²) in [4.78, 5) is 16.9. The average molecular weight is 287 g/mol. The molecule has 114 valence electrons. The predicted octanol–water partition coefficient (Wildman–Crippen LogP) is 1.25. The number of hydrogen-bond donors (Lipinski definition) is 1. The van der Waals surface area contributed by atoms with E-state index < -0.39 is 0 Å². The molecule has 0 aliphatic carbocycles. The topological polar surface area (TPSA) is 35.6 Å². The van der Waals surface area contributed by atoms with Gasteiger partial charge in [-0.05, 0) is 31.4 Å². The Morgan fingerprint density at radius 3 is 2.86 bits per heavy atom. The van der Waals surface area contributed by atoms with Crippen molar-refractivity contribution in [2.45, 2.75) is 38.9 Å². The van der Waals surface area contributed by atoms with E-state index in [9.17, 15) is 4.79 Å². The molecule has 0 aromatic heterocycles. The van der Waals surface area contributed by atoms with Gasteiger partial charge in [-0.15, -0.1) is 0 Å². The second-order valence-corrected chi connectivity index (χ2v) is 6.42. The van der Waals surface area contributed by atoms with Crippen molar-refractivity contribution in [1.29, 1.82) is 0 Å². The van der Waals surface area contributed by atoms with Crippen LogP contribution in [0.15, 0.2) is 24.3 Å². The van der Waals surface area contributed by atoms with Gasteiger partial charge in [0.2, 0.25) is 5.91 Å². The van der Waals surface area contributed by atoms with E-state index in [0.717, 1.165) is 32.6 Å². The molecule has 1 amide bonds. The number of nitrogens with zero attached hydrogens (tertiary/aromatic N) is 2. The van der Waals surface area contributed by atoms with E-state index in [1.807, 2.05) is 4.90 Å². The number of amides is 1. The first-order valence-electron chi connectivity index (χ1n) is 7.95. The monoisotopic (exact) mass is 287 g/mol. The highest BCUT2D eigenvalue weighted by atomic mass is 16.2. The number of fused-ring (bicyclic) bond motifs is 1. The minimum Gasteiger partial charge on any atom is -0.337 e. The first-order valence-corrected chi connectivity index (χ1v) is 7.95. The van der Waals surface area contributed by atoms with E-state index in [1.54, 1.807) is 0 Å². The van der Waals surface area contributed by atoms with E-state index in [2.05, 4.69) is 48.3 Å². The lowest BCUT2D eigenvalue weighted by atomic mass is 10.00. The number of rotatable bonds is 2. The van der Waals surface area contributed by atoms with Crippen molar-refractivity contribution in [3.05, 3.63) is 35.4 Å². The van der Waals surface area contributed by atoms with Crippen molar-refractivity contribution in [1.82, 2.24) is 15.1 Å². The van der Waals surface area contributed by atoms with Crippen LogP contribution in [0.25, 0.3) is 0 Å². The number of piperazine rings is 1. The van der Waals surface area contributed by atoms with Gasteiger partial charge in [0.1, 0.15) is 0 Å². The number of carbonyl (C=O) groups is 1. The highest BCUT2D eigenvalue weighted by Crippen LogP contribution is 2.19. The van der Waals surface area contributed by atoms with Crippen LogP contribution in [0, 0.1) is 0 Å². The molecule has 21 heavy (non-hydrogen) atoms. The summed E-state index contributed by atoms with van der Waals surface area (Å²) >= 11 is 0. The third kappa shape index (κ3) is 3.27. The number of carbonyl (C=O) groups excluding carboxylic acids is 1. The molecule has 1 saturated heterocycles. The zero-order valence-corrected chi connectivity index (χ0v) is 13.0. The van der Waals surface area contributed by atoms with Gasteiger partial charge in [-0.2, -0.15) is 0 Å². The van der Waals surface area contributed by atoms with Crippen molar-refractivity contribution in [2.24, 2.45) is 0 Å².